The lowest BCUT2D eigenvalue weighted by atomic mass is 9.75. The van der Waals surface area contributed by atoms with Gasteiger partial charge < -0.3 is 25.2 Å². The van der Waals surface area contributed by atoms with Crippen LogP contribution >= 0.6 is 0 Å². The number of piperidine rings is 1. The van der Waals surface area contributed by atoms with Crippen LogP contribution in [0.5, 0.6) is 0 Å². The molecule has 3 fully saturated rings. The zero-order chi connectivity index (χ0) is 43.3. The molecule has 4 aromatic carbocycles. The minimum atomic E-state index is -4.04. The summed E-state index contributed by atoms with van der Waals surface area (Å²) in [7, 11) is -4.04. The smallest absolute Gasteiger partial charge is 0.242 e. The lowest BCUT2D eigenvalue weighted by molar-refractivity contribution is -0.278. The van der Waals surface area contributed by atoms with Crippen molar-refractivity contribution in [1.82, 2.24) is 14.9 Å². The number of benzene rings is 4. The molecule has 4 N–H and O–H groups in total. The van der Waals surface area contributed by atoms with Crippen LogP contribution in [0.15, 0.2) is 108 Å². The van der Waals surface area contributed by atoms with Crippen molar-refractivity contribution in [3.63, 3.8) is 0 Å². The zero-order valence-corrected chi connectivity index (χ0v) is 36.9. The Morgan fingerprint density at radius 3 is 2.26 bits per heavy atom. The predicted molar refractivity (Wildman–Crippen MR) is 237 cm³/mol. The monoisotopic (exact) mass is 850 g/mol. The molecule has 0 radical (unpaired) electrons. The second kappa shape index (κ2) is 19.3. The SMILES string of the molecule is Cc1ccc(S(=O)(=O)N[C@H](Cc2ccccc2)C(=O)Nc2cccc([C@H]3O[C@@H](CN4[C@@H](C(=O)NC(C)(C)C)CC[C@H]5CCCC[C@H]54)[C@@H](C)[C@@H](c4ccc(CO)cc4)O3)c2)cc1. The molecule has 326 valence electrons. The number of carbonyl (C=O) groups is 2. The Morgan fingerprint density at radius 1 is 0.836 bits per heavy atom. The summed E-state index contributed by atoms with van der Waals surface area (Å²) < 4.78 is 43.6. The van der Waals surface area contributed by atoms with Crippen molar-refractivity contribution in [1.29, 1.82) is 0 Å². The second-order valence-electron chi connectivity index (χ2n) is 18.3. The number of nitrogens with zero attached hydrogens (tertiary/aromatic N) is 1. The molecule has 8 atom stereocenters. The van der Waals surface area contributed by atoms with Gasteiger partial charge in [0.25, 0.3) is 0 Å². The largest absolute Gasteiger partial charge is 0.392 e. The quantitative estimate of drug-likeness (QED) is 0.107. The van der Waals surface area contributed by atoms with Crippen LogP contribution in [-0.4, -0.2) is 66.6 Å². The third kappa shape index (κ3) is 11.2. The minimum Gasteiger partial charge on any atom is -0.392 e. The average Bonchev–Trinajstić information content (AvgIpc) is 3.24. The number of hydrogen-bond acceptors (Lipinski definition) is 8. The van der Waals surface area contributed by atoms with Crippen molar-refractivity contribution < 1.29 is 32.6 Å². The normalized spacial score (nSPS) is 25.2. The summed E-state index contributed by atoms with van der Waals surface area (Å²) in [6.45, 7) is 10.6. The van der Waals surface area contributed by atoms with Gasteiger partial charge in [-0.3, -0.25) is 14.5 Å². The van der Waals surface area contributed by atoms with Gasteiger partial charge in [-0.25, -0.2) is 8.42 Å². The van der Waals surface area contributed by atoms with Gasteiger partial charge in [0.15, 0.2) is 6.29 Å². The molecular weight excluding hydrogens is 789 g/mol. The highest BCUT2D eigenvalue weighted by atomic mass is 32.2. The van der Waals surface area contributed by atoms with Gasteiger partial charge in [0, 0.05) is 35.3 Å². The predicted octanol–water partition coefficient (Wildman–Crippen LogP) is 7.74. The van der Waals surface area contributed by atoms with E-state index in [1.807, 2.05) is 100 Å². The first-order valence-corrected chi connectivity index (χ1v) is 23.3. The maximum absolute atomic E-state index is 14.1. The third-order valence-electron chi connectivity index (χ3n) is 12.5. The highest BCUT2D eigenvalue weighted by Gasteiger charge is 2.46. The fraction of sp³-hybridized carbons (Fsp3) is 0.469. The van der Waals surface area contributed by atoms with Gasteiger partial charge in [0.05, 0.1) is 29.8 Å². The van der Waals surface area contributed by atoms with E-state index in [1.165, 1.54) is 25.0 Å². The van der Waals surface area contributed by atoms with Crippen molar-refractivity contribution in [3.05, 3.63) is 131 Å². The molecule has 61 heavy (non-hydrogen) atoms. The Hall–Kier alpha value is -4.43. The minimum absolute atomic E-state index is 0.0547. The number of anilines is 1. The van der Waals surface area contributed by atoms with Crippen LogP contribution in [-0.2, 0) is 42.1 Å². The molecule has 3 aliphatic rings. The molecular formula is C49H62N4O7S. The van der Waals surface area contributed by atoms with E-state index in [1.54, 1.807) is 18.2 Å². The number of fused-ring (bicyclic) bond motifs is 1. The molecule has 0 unspecified atom stereocenters. The van der Waals surface area contributed by atoms with Crippen LogP contribution < -0.4 is 15.4 Å². The average molecular weight is 851 g/mol. The van der Waals surface area contributed by atoms with Gasteiger partial charge in [-0.2, -0.15) is 4.72 Å². The number of likely N-dealkylation sites (tertiary alicyclic amines) is 1. The summed E-state index contributed by atoms with van der Waals surface area (Å²) in [5.41, 5.74) is 4.26. The number of aliphatic hydroxyl groups excluding tert-OH is 1. The lowest BCUT2D eigenvalue weighted by Gasteiger charge is -2.51. The molecule has 1 aliphatic carbocycles. The van der Waals surface area contributed by atoms with Gasteiger partial charge >= 0.3 is 0 Å². The summed E-state index contributed by atoms with van der Waals surface area (Å²) in [5.74, 6) is -0.0244. The zero-order valence-electron chi connectivity index (χ0n) is 36.0. The van der Waals surface area contributed by atoms with Crippen LogP contribution in [0.2, 0.25) is 0 Å². The lowest BCUT2D eigenvalue weighted by Crippen LogP contribution is -2.61. The van der Waals surface area contributed by atoms with E-state index in [-0.39, 0.29) is 59.6 Å². The molecule has 2 saturated heterocycles. The van der Waals surface area contributed by atoms with Crippen molar-refractivity contribution >= 4 is 27.5 Å². The number of nitrogens with one attached hydrogen (secondary N) is 3. The van der Waals surface area contributed by atoms with E-state index in [4.69, 9.17) is 9.47 Å². The third-order valence-corrected chi connectivity index (χ3v) is 14.0. The summed E-state index contributed by atoms with van der Waals surface area (Å²) in [5, 5.41) is 16.1. The van der Waals surface area contributed by atoms with Crippen LogP contribution in [0, 0.1) is 18.8 Å². The Kier molecular flexibility index (Phi) is 14.1. The van der Waals surface area contributed by atoms with E-state index >= 15 is 0 Å². The molecule has 11 nitrogen and oxygen atoms in total. The van der Waals surface area contributed by atoms with Crippen LogP contribution in [0.4, 0.5) is 5.69 Å². The van der Waals surface area contributed by atoms with Crippen LogP contribution in [0.1, 0.15) is 106 Å². The summed E-state index contributed by atoms with van der Waals surface area (Å²) >= 11 is 0. The van der Waals surface area contributed by atoms with Gasteiger partial charge in [0.2, 0.25) is 21.8 Å². The number of hydrogen-bond donors (Lipinski definition) is 4. The highest BCUT2D eigenvalue weighted by Crippen LogP contribution is 2.44. The van der Waals surface area contributed by atoms with Crippen molar-refractivity contribution in [2.75, 3.05) is 11.9 Å². The summed E-state index contributed by atoms with van der Waals surface area (Å²) in [6.07, 6.45) is 5.00. The van der Waals surface area contributed by atoms with E-state index in [0.717, 1.165) is 47.9 Å². The second-order valence-corrected chi connectivity index (χ2v) is 20.0. The van der Waals surface area contributed by atoms with Gasteiger partial charge in [-0.1, -0.05) is 104 Å². The van der Waals surface area contributed by atoms with Crippen LogP contribution in [0.3, 0.4) is 0 Å². The van der Waals surface area contributed by atoms with E-state index in [2.05, 4.69) is 27.2 Å². The van der Waals surface area contributed by atoms with Crippen molar-refractivity contribution in [3.8, 4) is 0 Å². The Bertz CT molecular complexity index is 2210. The number of aryl methyl sites for hydroxylation is 1. The first-order valence-electron chi connectivity index (χ1n) is 21.8. The van der Waals surface area contributed by atoms with Gasteiger partial charge in [-0.15, -0.1) is 0 Å². The molecule has 0 bridgehead atoms. The molecule has 2 aliphatic heterocycles. The Morgan fingerprint density at radius 2 is 1.56 bits per heavy atom. The standard InChI is InChI=1S/C49H62N4O7S/c1-32-18-25-40(26-19-32)61(57,58)52-41(28-34-12-7-6-8-13-34)46(55)50-39-16-11-15-38(29-39)48-59-44(33(2)45(60-48)37-22-20-35(31-54)21-23-37)30-53-42-17-10-9-14-36(42)24-27-43(53)47(56)51-49(3,4)5/h6-8,11-13,15-16,18-23,25-26,29,33,36,41-45,48,52,54H,9-10,14,17,24,27-28,30-31H2,1-5H3,(H,50,55)(H,51,56)/t33-,36-,41-,42-,43-,44+,45+,48+/m1/s1. The Balaban J connectivity index is 1.17. The summed E-state index contributed by atoms with van der Waals surface area (Å²) in [4.78, 5) is 30.6. The number of aliphatic hydroxyl groups is 1. The number of amides is 2. The topological polar surface area (TPSA) is 146 Å². The molecule has 4 aromatic rings. The van der Waals surface area contributed by atoms with Crippen molar-refractivity contribution in [2.24, 2.45) is 11.8 Å². The number of rotatable bonds is 13. The molecule has 0 aromatic heterocycles. The molecule has 7 rings (SSSR count). The first-order chi connectivity index (χ1) is 29.2. The molecule has 2 amide bonds. The maximum atomic E-state index is 14.1. The van der Waals surface area contributed by atoms with E-state index < -0.39 is 28.3 Å². The molecule has 1 saturated carbocycles. The highest BCUT2D eigenvalue weighted by molar-refractivity contribution is 7.89. The number of sulfonamides is 1. The number of ether oxygens (including phenoxy) is 2. The fourth-order valence-electron chi connectivity index (χ4n) is 9.27. The molecule has 0 spiro atoms. The van der Waals surface area contributed by atoms with Crippen LogP contribution in [0.25, 0.3) is 0 Å². The van der Waals surface area contributed by atoms with Gasteiger partial charge in [-0.05, 0) is 107 Å². The van der Waals surface area contributed by atoms with E-state index in [9.17, 15) is 23.1 Å². The Labute approximate surface area is 361 Å². The fourth-order valence-corrected chi connectivity index (χ4v) is 10.5. The molecule has 2 heterocycles. The molecule has 12 heteroatoms. The summed E-state index contributed by atoms with van der Waals surface area (Å²) in [6, 6.07) is 29.8. The number of carbonyl (C=O) groups excluding carboxylic acids is 2. The maximum Gasteiger partial charge on any atom is 0.242 e. The van der Waals surface area contributed by atoms with Gasteiger partial charge in [0.1, 0.15) is 6.04 Å². The van der Waals surface area contributed by atoms with E-state index in [0.29, 0.717) is 23.7 Å². The van der Waals surface area contributed by atoms with Crippen molar-refractivity contribution in [2.45, 2.75) is 133 Å². The first kappa shape index (κ1) is 44.6.